The highest BCUT2D eigenvalue weighted by Gasteiger charge is 2.07. The molecular formula is C16H13BrN2S. The van der Waals surface area contributed by atoms with Crippen molar-refractivity contribution in [1.82, 2.24) is 4.98 Å². The lowest BCUT2D eigenvalue weighted by Gasteiger charge is -2.00. The molecule has 0 aliphatic heterocycles. The Morgan fingerprint density at radius 3 is 2.60 bits per heavy atom. The van der Waals surface area contributed by atoms with E-state index < -0.39 is 0 Å². The summed E-state index contributed by atoms with van der Waals surface area (Å²) in [6.45, 7) is 0.553. The van der Waals surface area contributed by atoms with E-state index in [4.69, 9.17) is 10.7 Å². The normalized spacial score (nSPS) is 10.7. The molecule has 0 bridgehead atoms. The second-order valence-electron chi connectivity index (χ2n) is 4.45. The first-order valence-corrected chi connectivity index (χ1v) is 7.94. The van der Waals surface area contributed by atoms with Crippen LogP contribution in [0.25, 0.3) is 21.8 Å². The molecule has 0 aliphatic rings. The molecule has 0 saturated carbocycles. The zero-order valence-corrected chi connectivity index (χ0v) is 13.1. The van der Waals surface area contributed by atoms with E-state index >= 15 is 0 Å². The molecule has 0 amide bonds. The molecule has 0 fully saturated rings. The molecule has 20 heavy (non-hydrogen) atoms. The molecule has 3 rings (SSSR count). The molecule has 0 atom stereocenters. The summed E-state index contributed by atoms with van der Waals surface area (Å²) in [5, 5.41) is 3.12. The minimum atomic E-state index is 0.553. The predicted molar refractivity (Wildman–Crippen MR) is 88.6 cm³/mol. The van der Waals surface area contributed by atoms with Crippen LogP contribution < -0.4 is 5.73 Å². The van der Waals surface area contributed by atoms with Gasteiger partial charge in [-0.3, -0.25) is 0 Å². The molecule has 1 heterocycles. The van der Waals surface area contributed by atoms with Crippen LogP contribution >= 0.6 is 27.3 Å². The number of hydrogen-bond acceptors (Lipinski definition) is 3. The second-order valence-corrected chi connectivity index (χ2v) is 6.22. The first-order chi connectivity index (χ1) is 9.76. The van der Waals surface area contributed by atoms with Crippen molar-refractivity contribution in [3.8, 4) is 21.8 Å². The number of aromatic nitrogens is 1. The second kappa shape index (κ2) is 5.87. The summed E-state index contributed by atoms with van der Waals surface area (Å²) in [6.07, 6.45) is 0. The maximum atomic E-state index is 5.68. The predicted octanol–water partition coefficient (Wildman–Crippen LogP) is 4.70. The Labute approximate surface area is 130 Å². The Morgan fingerprint density at radius 2 is 1.85 bits per heavy atom. The lowest BCUT2D eigenvalue weighted by Crippen LogP contribution is -1.95. The molecule has 2 nitrogen and oxygen atoms in total. The summed E-state index contributed by atoms with van der Waals surface area (Å²) < 4.78 is 1.08. The molecule has 4 heteroatoms. The Balaban J connectivity index is 1.95. The molecule has 2 aromatic carbocycles. The molecule has 0 unspecified atom stereocenters. The summed E-state index contributed by atoms with van der Waals surface area (Å²) in [5.41, 5.74) is 10.1. The number of thiazole rings is 1. The van der Waals surface area contributed by atoms with E-state index in [0.29, 0.717) is 6.54 Å². The zero-order valence-electron chi connectivity index (χ0n) is 10.7. The van der Waals surface area contributed by atoms with E-state index in [1.165, 1.54) is 0 Å². The highest BCUT2D eigenvalue weighted by atomic mass is 79.9. The topological polar surface area (TPSA) is 38.9 Å². The van der Waals surface area contributed by atoms with Crippen LogP contribution in [0.15, 0.2) is 58.4 Å². The van der Waals surface area contributed by atoms with Crippen molar-refractivity contribution in [2.75, 3.05) is 0 Å². The van der Waals surface area contributed by atoms with Gasteiger partial charge in [0.2, 0.25) is 0 Å². The third-order valence-electron chi connectivity index (χ3n) is 3.05. The van der Waals surface area contributed by atoms with Crippen LogP contribution in [0.2, 0.25) is 0 Å². The summed E-state index contributed by atoms with van der Waals surface area (Å²) in [5.74, 6) is 0. The third kappa shape index (κ3) is 2.82. The van der Waals surface area contributed by atoms with Crippen molar-refractivity contribution in [3.63, 3.8) is 0 Å². The lowest BCUT2D eigenvalue weighted by molar-refractivity contribution is 1.07. The van der Waals surface area contributed by atoms with Gasteiger partial charge in [-0.1, -0.05) is 46.3 Å². The van der Waals surface area contributed by atoms with Crippen LogP contribution in [0, 0.1) is 0 Å². The molecule has 1 aromatic heterocycles. The van der Waals surface area contributed by atoms with Crippen LogP contribution in [-0.4, -0.2) is 4.98 Å². The van der Waals surface area contributed by atoms with Gasteiger partial charge in [-0.2, -0.15) is 0 Å². The highest BCUT2D eigenvalue weighted by molar-refractivity contribution is 9.10. The van der Waals surface area contributed by atoms with Crippen molar-refractivity contribution in [2.45, 2.75) is 6.54 Å². The van der Waals surface area contributed by atoms with E-state index in [-0.39, 0.29) is 0 Å². The molecule has 2 N–H and O–H groups in total. The summed E-state index contributed by atoms with van der Waals surface area (Å²) in [7, 11) is 0. The van der Waals surface area contributed by atoms with Crippen molar-refractivity contribution in [1.29, 1.82) is 0 Å². The SMILES string of the molecule is NCc1cccc(-c2csc(-c3ccc(Br)cc3)n2)c1. The van der Waals surface area contributed by atoms with E-state index in [1.807, 2.05) is 24.3 Å². The Hall–Kier alpha value is -1.49. The maximum absolute atomic E-state index is 5.68. The lowest BCUT2D eigenvalue weighted by atomic mass is 10.1. The van der Waals surface area contributed by atoms with Crippen molar-refractivity contribution < 1.29 is 0 Å². The number of nitrogens with zero attached hydrogens (tertiary/aromatic N) is 1. The third-order valence-corrected chi connectivity index (χ3v) is 4.47. The number of hydrogen-bond donors (Lipinski definition) is 1. The molecule has 0 spiro atoms. The van der Waals surface area contributed by atoms with Crippen LogP contribution in [0.4, 0.5) is 0 Å². The quantitative estimate of drug-likeness (QED) is 0.747. The van der Waals surface area contributed by atoms with E-state index in [0.717, 1.165) is 31.9 Å². The Bertz CT molecular complexity index is 719. The van der Waals surface area contributed by atoms with Crippen molar-refractivity contribution in [3.05, 3.63) is 63.9 Å². The van der Waals surface area contributed by atoms with Gasteiger partial charge in [0.25, 0.3) is 0 Å². The first kappa shape index (κ1) is 13.5. The van der Waals surface area contributed by atoms with Gasteiger partial charge in [-0.25, -0.2) is 4.98 Å². The minimum Gasteiger partial charge on any atom is -0.326 e. The maximum Gasteiger partial charge on any atom is 0.124 e. The standard InChI is InChI=1S/C16H13BrN2S/c17-14-6-4-12(5-7-14)16-19-15(10-20-16)13-3-1-2-11(8-13)9-18/h1-8,10H,9,18H2. The fraction of sp³-hybridized carbons (Fsp3) is 0.0625. The van der Waals surface area contributed by atoms with Crippen molar-refractivity contribution in [2.24, 2.45) is 5.73 Å². The number of halogens is 1. The molecular weight excluding hydrogens is 332 g/mol. The molecule has 0 aliphatic carbocycles. The Morgan fingerprint density at radius 1 is 1.05 bits per heavy atom. The van der Waals surface area contributed by atoms with E-state index in [2.05, 4.69) is 45.6 Å². The molecule has 100 valence electrons. The Kier molecular flexibility index (Phi) is 3.96. The number of rotatable bonds is 3. The first-order valence-electron chi connectivity index (χ1n) is 6.27. The van der Waals surface area contributed by atoms with Crippen LogP contribution in [0.3, 0.4) is 0 Å². The molecule has 0 radical (unpaired) electrons. The van der Waals surface area contributed by atoms with Gasteiger partial charge in [0, 0.05) is 27.5 Å². The summed E-state index contributed by atoms with van der Waals surface area (Å²) in [4.78, 5) is 4.72. The van der Waals surface area contributed by atoms with Gasteiger partial charge in [0.1, 0.15) is 5.01 Å². The van der Waals surface area contributed by atoms with Gasteiger partial charge in [-0.15, -0.1) is 11.3 Å². The van der Waals surface area contributed by atoms with Gasteiger partial charge in [-0.05, 0) is 23.8 Å². The van der Waals surface area contributed by atoms with Crippen LogP contribution in [0.1, 0.15) is 5.56 Å². The number of benzene rings is 2. The average Bonchev–Trinajstić information content (AvgIpc) is 2.98. The molecule has 3 aromatic rings. The van der Waals surface area contributed by atoms with Gasteiger partial charge in [0.05, 0.1) is 5.69 Å². The monoisotopic (exact) mass is 344 g/mol. The summed E-state index contributed by atoms with van der Waals surface area (Å²) >= 11 is 5.11. The molecule has 0 saturated heterocycles. The highest BCUT2D eigenvalue weighted by Crippen LogP contribution is 2.29. The van der Waals surface area contributed by atoms with Crippen LogP contribution in [0.5, 0.6) is 0 Å². The average molecular weight is 345 g/mol. The zero-order chi connectivity index (χ0) is 13.9. The van der Waals surface area contributed by atoms with Gasteiger partial charge in [0.15, 0.2) is 0 Å². The fourth-order valence-corrected chi connectivity index (χ4v) is 3.09. The van der Waals surface area contributed by atoms with Gasteiger partial charge < -0.3 is 5.73 Å². The smallest absolute Gasteiger partial charge is 0.124 e. The fourth-order valence-electron chi connectivity index (χ4n) is 1.99. The minimum absolute atomic E-state index is 0.553. The van der Waals surface area contributed by atoms with Crippen LogP contribution in [-0.2, 0) is 6.54 Å². The largest absolute Gasteiger partial charge is 0.326 e. The van der Waals surface area contributed by atoms with Crippen molar-refractivity contribution >= 4 is 27.3 Å². The number of nitrogens with two attached hydrogens (primary N) is 1. The van der Waals surface area contributed by atoms with Gasteiger partial charge >= 0.3 is 0 Å². The van der Waals surface area contributed by atoms with E-state index in [1.54, 1.807) is 11.3 Å². The summed E-state index contributed by atoms with van der Waals surface area (Å²) in [6, 6.07) is 16.4. The van der Waals surface area contributed by atoms with E-state index in [9.17, 15) is 0 Å².